The number of ether oxygens (including phenoxy) is 4. The normalized spacial score (nSPS) is 20.9. The van der Waals surface area contributed by atoms with Crippen molar-refractivity contribution in [3.05, 3.63) is 36.5 Å². The lowest BCUT2D eigenvalue weighted by molar-refractivity contribution is -0.161. The van der Waals surface area contributed by atoms with Gasteiger partial charge in [0.15, 0.2) is 22.4 Å². The molecule has 12 heteroatoms. The van der Waals surface area contributed by atoms with Crippen LogP contribution in [0.5, 0.6) is 0 Å². The first-order valence-electron chi connectivity index (χ1n) is 18.9. The minimum Gasteiger partial charge on any atom is -0.458 e. The van der Waals surface area contributed by atoms with Crippen LogP contribution in [-0.4, -0.2) is 96.8 Å². The molecule has 0 radical (unpaired) electrons. The molecular weight excluding hydrogens is 695 g/mol. The van der Waals surface area contributed by atoms with Crippen LogP contribution < -0.4 is 5.32 Å². The predicted octanol–water partition coefficient (Wildman–Crippen LogP) is 8.09. The molecule has 10 nitrogen and oxygen atoms in total. The Kier molecular flexibility index (Phi) is 18.9. The van der Waals surface area contributed by atoms with Crippen LogP contribution in [0.3, 0.4) is 0 Å². The average Bonchev–Trinajstić information content (AvgIpc) is 3.39. The Morgan fingerprint density at radius 1 is 1.04 bits per heavy atom. The Bertz CT molecular complexity index is 1200. The van der Waals surface area contributed by atoms with E-state index in [1.807, 2.05) is 33.8 Å². The lowest BCUT2D eigenvalue weighted by Crippen LogP contribution is -2.53. The number of rotatable bonds is 21. The maximum Gasteiger partial charge on any atom is 0.330 e. The number of methoxy groups -OCH3 is 1. The molecule has 7 atom stereocenters. The van der Waals surface area contributed by atoms with Crippen LogP contribution in [-0.2, 0) is 37.4 Å². The third kappa shape index (κ3) is 15.6. The molecule has 0 aromatic rings. The maximum absolute atomic E-state index is 13.3. The Hall–Kier alpha value is -1.65. The Balaban J connectivity index is 3.09. The van der Waals surface area contributed by atoms with Crippen LogP contribution in [0.25, 0.3) is 0 Å². The molecule has 0 saturated carbocycles. The average molecular weight is 770 g/mol. The standard InChI is InChI=1S/C40H75NO9Si2/c1-18-23-46-36(44)22-20-29(3)32(49-51(14,15)38(5,6)7)25-30(4)31(26-42)41-35(43)21-19-28(2)24-33(45-13)37(34-27-47-40(11,12)48-34)50-52(16,17)39(8,9)10/h18,20,22,25,28-29,31-34,37,42H,1,19,21,23-24,26-27H2,2-17H3,(H,41,43)/b22-20+,30-25+/t28-,29-,31+,32-,33-,34-,37+/m0/s1. The zero-order valence-electron chi connectivity index (χ0n) is 35.5. The maximum atomic E-state index is 13.3. The van der Waals surface area contributed by atoms with Crippen molar-refractivity contribution >= 4 is 28.5 Å². The predicted molar refractivity (Wildman–Crippen MR) is 215 cm³/mol. The third-order valence-corrected chi connectivity index (χ3v) is 19.9. The summed E-state index contributed by atoms with van der Waals surface area (Å²) in [6.45, 7) is 35.7. The van der Waals surface area contributed by atoms with Crippen LogP contribution in [0.15, 0.2) is 36.5 Å². The molecule has 0 spiro atoms. The van der Waals surface area contributed by atoms with Gasteiger partial charge in [-0.15, -0.1) is 0 Å². The molecule has 2 N–H and O–H groups in total. The molecule has 0 bridgehead atoms. The van der Waals surface area contributed by atoms with E-state index in [-0.39, 0.29) is 65.4 Å². The first-order valence-corrected chi connectivity index (χ1v) is 24.8. The summed E-state index contributed by atoms with van der Waals surface area (Å²) >= 11 is 0. The summed E-state index contributed by atoms with van der Waals surface area (Å²) in [5.41, 5.74) is 0.786. The van der Waals surface area contributed by atoms with Gasteiger partial charge in [0.2, 0.25) is 5.91 Å². The van der Waals surface area contributed by atoms with E-state index < -0.39 is 34.4 Å². The number of hydrogen-bond donors (Lipinski definition) is 2. The van der Waals surface area contributed by atoms with Gasteiger partial charge in [-0.05, 0) is 75.8 Å². The molecule has 0 aromatic heterocycles. The van der Waals surface area contributed by atoms with Gasteiger partial charge < -0.3 is 38.2 Å². The third-order valence-electron chi connectivity index (χ3n) is 10.9. The Morgan fingerprint density at radius 2 is 1.62 bits per heavy atom. The number of aliphatic hydroxyl groups is 1. The molecule has 1 aliphatic heterocycles. The van der Waals surface area contributed by atoms with Crippen molar-refractivity contribution < 1.29 is 42.5 Å². The van der Waals surface area contributed by atoms with Gasteiger partial charge in [-0.3, -0.25) is 4.79 Å². The lowest BCUT2D eigenvalue weighted by atomic mass is 9.93. The van der Waals surface area contributed by atoms with E-state index >= 15 is 0 Å². The number of esters is 1. The van der Waals surface area contributed by atoms with Gasteiger partial charge in [0, 0.05) is 25.5 Å². The zero-order valence-corrected chi connectivity index (χ0v) is 37.5. The van der Waals surface area contributed by atoms with E-state index in [1.165, 1.54) is 12.2 Å². The fourth-order valence-electron chi connectivity index (χ4n) is 5.33. The second kappa shape index (κ2) is 20.3. The largest absolute Gasteiger partial charge is 0.458 e. The van der Waals surface area contributed by atoms with Crippen molar-refractivity contribution in [2.24, 2.45) is 11.8 Å². The quantitative estimate of drug-likeness (QED) is 0.0517. The smallest absolute Gasteiger partial charge is 0.330 e. The van der Waals surface area contributed by atoms with Crippen LogP contribution in [0, 0.1) is 11.8 Å². The number of hydrogen-bond acceptors (Lipinski definition) is 9. The molecule has 52 heavy (non-hydrogen) atoms. The van der Waals surface area contributed by atoms with Crippen molar-refractivity contribution in [1.29, 1.82) is 0 Å². The number of nitrogens with one attached hydrogen (secondary N) is 1. The topological polar surface area (TPSA) is 122 Å². The van der Waals surface area contributed by atoms with Crippen LogP contribution >= 0.6 is 0 Å². The molecule has 1 heterocycles. The summed E-state index contributed by atoms with van der Waals surface area (Å²) in [5.74, 6) is -1.32. The van der Waals surface area contributed by atoms with Crippen LogP contribution in [0.2, 0.25) is 36.3 Å². The second-order valence-corrected chi connectivity index (χ2v) is 27.6. The van der Waals surface area contributed by atoms with Crippen molar-refractivity contribution in [1.82, 2.24) is 5.32 Å². The van der Waals surface area contributed by atoms with Gasteiger partial charge in [-0.2, -0.15) is 0 Å². The van der Waals surface area contributed by atoms with Gasteiger partial charge in [-0.25, -0.2) is 4.79 Å². The summed E-state index contributed by atoms with van der Waals surface area (Å²) in [4.78, 5) is 25.5. The summed E-state index contributed by atoms with van der Waals surface area (Å²) < 4.78 is 37.2. The van der Waals surface area contributed by atoms with Gasteiger partial charge in [0.25, 0.3) is 0 Å². The molecular formula is C40H75NO9Si2. The number of amides is 1. The highest BCUT2D eigenvalue weighted by molar-refractivity contribution is 6.74. The van der Waals surface area contributed by atoms with Crippen molar-refractivity contribution in [2.45, 2.75) is 168 Å². The molecule has 0 aliphatic carbocycles. The van der Waals surface area contributed by atoms with Crippen LogP contribution in [0.1, 0.15) is 95.4 Å². The van der Waals surface area contributed by atoms with E-state index in [2.05, 4.69) is 86.5 Å². The Labute approximate surface area is 318 Å². The Morgan fingerprint density at radius 3 is 2.10 bits per heavy atom. The summed E-state index contributed by atoms with van der Waals surface area (Å²) in [7, 11) is -2.70. The SMILES string of the molecule is C=CCOC(=O)/C=C/[C@H](C)[C@H](/C=C(\C)[C@@H](CO)NC(=O)CC[C@H](C)C[C@H](OC)[C@@H](O[Si](C)(C)C(C)(C)C)[C@@H]1COC(C)(C)O1)O[Si](C)(C)C(C)(C)C. The summed E-state index contributed by atoms with van der Waals surface area (Å²) in [5, 5.41) is 13.4. The molecule has 302 valence electrons. The molecule has 0 aromatic carbocycles. The highest BCUT2D eigenvalue weighted by atomic mass is 28.4. The van der Waals surface area contributed by atoms with Crippen LogP contribution in [0.4, 0.5) is 0 Å². The van der Waals surface area contributed by atoms with Gasteiger partial charge in [-0.1, -0.05) is 85.8 Å². The summed E-state index contributed by atoms with van der Waals surface area (Å²) in [6, 6.07) is -0.584. The zero-order chi connectivity index (χ0) is 40.3. The fraction of sp³-hybridized carbons (Fsp3) is 0.800. The highest BCUT2D eigenvalue weighted by Crippen LogP contribution is 2.41. The van der Waals surface area contributed by atoms with E-state index in [4.69, 9.17) is 27.8 Å². The number of carbonyl (C=O) groups is 2. The van der Waals surface area contributed by atoms with E-state index in [0.29, 0.717) is 25.9 Å². The molecule has 1 aliphatic rings. The van der Waals surface area contributed by atoms with E-state index in [0.717, 1.165) is 5.57 Å². The minimum absolute atomic E-state index is 0.00295. The first kappa shape index (κ1) is 48.4. The number of carbonyl (C=O) groups excluding carboxylic acids is 2. The van der Waals surface area contributed by atoms with Gasteiger partial charge in [0.05, 0.1) is 37.6 Å². The molecule has 0 unspecified atom stereocenters. The number of aliphatic hydroxyl groups excluding tert-OH is 1. The molecule has 1 saturated heterocycles. The van der Waals surface area contributed by atoms with Gasteiger partial charge >= 0.3 is 5.97 Å². The molecule has 1 amide bonds. The minimum atomic E-state index is -2.23. The second-order valence-electron chi connectivity index (χ2n) is 18.1. The fourth-order valence-corrected chi connectivity index (χ4v) is 7.98. The van der Waals surface area contributed by atoms with Crippen molar-refractivity contribution in [2.75, 3.05) is 26.9 Å². The molecule has 1 rings (SSSR count). The van der Waals surface area contributed by atoms with Crippen molar-refractivity contribution in [3.63, 3.8) is 0 Å². The monoisotopic (exact) mass is 769 g/mol. The molecule has 1 fully saturated rings. The first-order chi connectivity index (χ1) is 23.7. The summed E-state index contributed by atoms with van der Waals surface area (Å²) in [6.07, 6.45) is 7.08. The highest BCUT2D eigenvalue weighted by Gasteiger charge is 2.47. The van der Waals surface area contributed by atoms with Gasteiger partial charge in [0.1, 0.15) is 12.7 Å². The van der Waals surface area contributed by atoms with E-state index in [9.17, 15) is 14.7 Å². The van der Waals surface area contributed by atoms with Crippen molar-refractivity contribution in [3.8, 4) is 0 Å². The van der Waals surface area contributed by atoms with E-state index in [1.54, 1.807) is 13.2 Å². The lowest BCUT2D eigenvalue weighted by Gasteiger charge is -2.43.